The molecule has 4 rings (SSSR count). The van der Waals surface area contributed by atoms with Gasteiger partial charge in [0, 0.05) is 22.7 Å². The Labute approximate surface area is 235 Å². The number of methoxy groups -OCH3 is 1. The molecule has 1 amide bonds. The lowest BCUT2D eigenvalue weighted by Crippen LogP contribution is -2.33. The zero-order valence-electron chi connectivity index (χ0n) is 21.1. The second-order valence-corrected chi connectivity index (χ2v) is 10.6. The van der Waals surface area contributed by atoms with Crippen LogP contribution >= 0.6 is 11.6 Å². The number of carbonyl (C=O) groups excluding carboxylic acids is 1. The molecule has 4 aromatic rings. The third-order valence-electron chi connectivity index (χ3n) is 5.79. The van der Waals surface area contributed by atoms with Gasteiger partial charge in [0.1, 0.15) is 5.75 Å². The van der Waals surface area contributed by atoms with Crippen LogP contribution in [0.1, 0.15) is 21.5 Å². The van der Waals surface area contributed by atoms with Gasteiger partial charge in [0.2, 0.25) is 0 Å². The van der Waals surface area contributed by atoms with Gasteiger partial charge >= 0.3 is 0 Å². The Morgan fingerprint density at radius 3 is 2.38 bits per heavy atom. The van der Waals surface area contributed by atoms with E-state index in [1.807, 2.05) is 6.07 Å². The molecule has 12 heteroatoms. The monoisotopic (exact) mass is 578 g/mol. The summed E-state index contributed by atoms with van der Waals surface area (Å²) in [7, 11) is -2.66. The number of amides is 1. The van der Waals surface area contributed by atoms with Gasteiger partial charge in [-0.25, -0.2) is 13.8 Å². The SMILES string of the molecule is COc1ccc(S(=O)(=O)N(Cc2ccccc2)c2ccccc2C(=O)N/N=C\c2cc([N+](=O)[O-])ccc2Cl)cc1. The first-order valence-corrected chi connectivity index (χ1v) is 13.6. The van der Waals surface area contributed by atoms with Gasteiger partial charge in [-0.05, 0) is 48.0 Å². The highest BCUT2D eigenvalue weighted by atomic mass is 35.5. The van der Waals surface area contributed by atoms with Crippen LogP contribution < -0.4 is 14.5 Å². The van der Waals surface area contributed by atoms with Crippen molar-refractivity contribution in [2.75, 3.05) is 11.4 Å². The summed E-state index contributed by atoms with van der Waals surface area (Å²) in [6, 6.07) is 25.0. The van der Waals surface area contributed by atoms with Crippen LogP contribution in [0.5, 0.6) is 5.75 Å². The molecule has 4 aromatic carbocycles. The molecule has 204 valence electrons. The minimum absolute atomic E-state index is 0.0118. The Kier molecular flexibility index (Phi) is 8.77. The number of halogens is 1. The molecule has 40 heavy (non-hydrogen) atoms. The molecule has 0 unspecified atom stereocenters. The molecule has 1 N–H and O–H groups in total. The zero-order chi connectivity index (χ0) is 28.7. The molecule has 0 radical (unpaired) electrons. The first-order chi connectivity index (χ1) is 19.2. The van der Waals surface area contributed by atoms with E-state index in [2.05, 4.69) is 10.5 Å². The molecule has 0 aliphatic carbocycles. The third kappa shape index (κ3) is 6.45. The quantitative estimate of drug-likeness (QED) is 0.152. The number of rotatable bonds is 10. The summed E-state index contributed by atoms with van der Waals surface area (Å²) in [4.78, 5) is 23.7. The Morgan fingerprint density at radius 2 is 1.70 bits per heavy atom. The number of anilines is 1. The molecule has 0 atom stereocenters. The summed E-state index contributed by atoms with van der Waals surface area (Å²) in [6.07, 6.45) is 1.17. The van der Waals surface area contributed by atoms with Crippen molar-refractivity contribution in [1.29, 1.82) is 0 Å². The Bertz CT molecular complexity index is 1660. The molecule has 0 saturated heterocycles. The van der Waals surface area contributed by atoms with Gasteiger partial charge in [-0.15, -0.1) is 0 Å². The molecule has 0 bridgehead atoms. The molecule has 0 saturated carbocycles. The number of nitrogens with zero attached hydrogens (tertiary/aromatic N) is 3. The number of carbonyl (C=O) groups is 1. The van der Waals surface area contributed by atoms with Gasteiger partial charge in [0.25, 0.3) is 21.6 Å². The van der Waals surface area contributed by atoms with Crippen molar-refractivity contribution in [3.63, 3.8) is 0 Å². The molecule has 0 heterocycles. The van der Waals surface area contributed by atoms with E-state index in [4.69, 9.17) is 16.3 Å². The van der Waals surface area contributed by atoms with Gasteiger partial charge in [0.15, 0.2) is 0 Å². The van der Waals surface area contributed by atoms with Crippen LogP contribution in [0.25, 0.3) is 0 Å². The highest BCUT2D eigenvalue weighted by molar-refractivity contribution is 7.92. The summed E-state index contributed by atoms with van der Waals surface area (Å²) in [5.74, 6) is -0.202. The number of non-ortho nitro benzene ring substituents is 1. The number of ether oxygens (including phenoxy) is 1. The van der Waals surface area contributed by atoms with E-state index in [0.29, 0.717) is 11.3 Å². The number of nitro benzene ring substituents is 1. The van der Waals surface area contributed by atoms with Crippen LogP contribution in [-0.2, 0) is 16.6 Å². The number of hydrazone groups is 1. The number of hydrogen-bond donors (Lipinski definition) is 1. The predicted molar refractivity (Wildman–Crippen MR) is 152 cm³/mol. The van der Waals surface area contributed by atoms with Crippen molar-refractivity contribution in [2.45, 2.75) is 11.4 Å². The van der Waals surface area contributed by atoms with E-state index >= 15 is 0 Å². The summed E-state index contributed by atoms with van der Waals surface area (Å²) in [5.41, 5.74) is 3.25. The molecule has 0 spiro atoms. The third-order valence-corrected chi connectivity index (χ3v) is 7.91. The van der Waals surface area contributed by atoms with Crippen molar-refractivity contribution in [2.24, 2.45) is 5.10 Å². The predicted octanol–water partition coefficient (Wildman–Crippen LogP) is 5.42. The first-order valence-electron chi connectivity index (χ1n) is 11.8. The fourth-order valence-corrected chi connectivity index (χ4v) is 5.41. The van der Waals surface area contributed by atoms with Crippen LogP contribution in [0, 0.1) is 10.1 Å². The lowest BCUT2D eigenvalue weighted by molar-refractivity contribution is -0.384. The Hall–Kier alpha value is -4.74. The van der Waals surface area contributed by atoms with Crippen molar-refractivity contribution < 1.29 is 22.9 Å². The summed E-state index contributed by atoms with van der Waals surface area (Å²) < 4.78 is 34.1. The first kappa shape index (κ1) is 28.3. The molecule has 0 aliphatic rings. The van der Waals surface area contributed by atoms with Gasteiger partial charge in [-0.3, -0.25) is 19.2 Å². The van der Waals surface area contributed by atoms with Crippen LogP contribution in [0.4, 0.5) is 11.4 Å². The van der Waals surface area contributed by atoms with Gasteiger partial charge in [0.05, 0.1) is 40.9 Å². The van der Waals surface area contributed by atoms with Crippen molar-refractivity contribution in [3.05, 3.63) is 129 Å². The molecule has 0 fully saturated rings. The summed E-state index contributed by atoms with van der Waals surface area (Å²) in [6.45, 7) is -0.0495. The van der Waals surface area contributed by atoms with E-state index in [9.17, 15) is 23.3 Å². The van der Waals surface area contributed by atoms with Crippen LogP contribution in [0.2, 0.25) is 5.02 Å². The fourth-order valence-electron chi connectivity index (χ4n) is 3.77. The molecular formula is C28H23ClN4O6S. The largest absolute Gasteiger partial charge is 0.497 e. The van der Waals surface area contributed by atoms with E-state index in [-0.39, 0.29) is 39.0 Å². The van der Waals surface area contributed by atoms with Gasteiger partial charge in [-0.1, -0.05) is 54.1 Å². The van der Waals surface area contributed by atoms with Gasteiger partial charge in [-0.2, -0.15) is 5.10 Å². The minimum Gasteiger partial charge on any atom is -0.497 e. The number of nitro groups is 1. The lowest BCUT2D eigenvalue weighted by Gasteiger charge is -2.26. The minimum atomic E-state index is -4.14. The second-order valence-electron chi connectivity index (χ2n) is 8.35. The van der Waals surface area contributed by atoms with E-state index in [1.165, 1.54) is 55.8 Å². The average Bonchev–Trinajstić information content (AvgIpc) is 2.97. The molecule has 0 aromatic heterocycles. The molecule has 10 nitrogen and oxygen atoms in total. The number of para-hydroxylation sites is 1. The van der Waals surface area contributed by atoms with Crippen molar-refractivity contribution in [1.82, 2.24) is 5.43 Å². The Morgan fingerprint density at radius 1 is 1.02 bits per heavy atom. The maximum atomic E-state index is 13.9. The number of sulfonamides is 1. The van der Waals surface area contributed by atoms with E-state index in [0.717, 1.165) is 4.31 Å². The maximum absolute atomic E-state index is 13.9. The van der Waals surface area contributed by atoms with E-state index in [1.54, 1.807) is 48.5 Å². The molecule has 0 aliphatic heterocycles. The molecular weight excluding hydrogens is 556 g/mol. The number of benzene rings is 4. The highest BCUT2D eigenvalue weighted by Gasteiger charge is 2.28. The maximum Gasteiger partial charge on any atom is 0.273 e. The van der Waals surface area contributed by atoms with Gasteiger partial charge < -0.3 is 4.74 Å². The average molecular weight is 579 g/mol. The van der Waals surface area contributed by atoms with Crippen LogP contribution in [0.15, 0.2) is 107 Å². The topological polar surface area (TPSA) is 131 Å². The highest BCUT2D eigenvalue weighted by Crippen LogP contribution is 2.30. The second kappa shape index (κ2) is 12.4. The smallest absolute Gasteiger partial charge is 0.273 e. The normalized spacial score (nSPS) is 11.2. The fraction of sp³-hybridized carbons (Fsp3) is 0.0714. The number of nitrogens with one attached hydrogen (secondary N) is 1. The Balaban J connectivity index is 1.69. The van der Waals surface area contributed by atoms with E-state index < -0.39 is 20.9 Å². The van der Waals surface area contributed by atoms with Crippen molar-refractivity contribution >= 4 is 45.1 Å². The zero-order valence-corrected chi connectivity index (χ0v) is 22.7. The lowest BCUT2D eigenvalue weighted by atomic mass is 10.1. The van der Waals surface area contributed by atoms with Crippen LogP contribution in [-0.4, -0.2) is 32.6 Å². The summed E-state index contributed by atoms with van der Waals surface area (Å²) >= 11 is 6.10. The number of hydrogen-bond acceptors (Lipinski definition) is 7. The standard InChI is InChI=1S/C28H23ClN4O6S/c1-39-23-12-14-24(15-13-23)40(37,38)32(19-20-7-3-2-4-8-20)27-10-6-5-9-25(27)28(34)31-30-18-21-17-22(33(35)36)11-16-26(21)29/h2-18H,19H2,1H3,(H,31,34)/b30-18-. The van der Waals surface area contributed by atoms with Crippen molar-refractivity contribution in [3.8, 4) is 5.75 Å². The van der Waals surface area contributed by atoms with Crippen LogP contribution in [0.3, 0.4) is 0 Å². The summed E-state index contributed by atoms with van der Waals surface area (Å²) in [5, 5.41) is 15.2.